The molecule has 17 heavy (non-hydrogen) atoms. The van der Waals surface area contributed by atoms with E-state index in [1.165, 1.54) is 11.3 Å². The number of anilines is 2. The maximum Gasteiger partial charge on any atom is 0.265 e. The van der Waals surface area contributed by atoms with E-state index < -0.39 is 5.54 Å². The van der Waals surface area contributed by atoms with Crippen molar-refractivity contribution in [3.05, 3.63) is 4.88 Å². The Morgan fingerprint density at radius 2 is 2.24 bits per heavy atom. The number of amides is 1. The second-order valence-corrected chi connectivity index (χ2v) is 5.25. The van der Waals surface area contributed by atoms with Gasteiger partial charge in [0.15, 0.2) is 5.13 Å². The number of hydrogen-bond acceptors (Lipinski definition) is 6. The molecule has 1 amide bonds. The standard InChI is InChI=1S/C10H18N4O2S/c1-10(2,5-16-4)14-8(15)6-7(11)13-9(12-3)17-6/h5,11H2,1-4H3,(H,12,13)(H,14,15). The Labute approximate surface area is 105 Å². The van der Waals surface area contributed by atoms with E-state index in [1.807, 2.05) is 13.8 Å². The van der Waals surface area contributed by atoms with Crippen LogP contribution in [-0.2, 0) is 4.74 Å². The van der Waals surface area contributed by atoms with E-state index in [2.05, 4.69) is 15.6 Å². The Hall–Kier alpha value is -1.34. The number of carbonyl (C=O) groups excluding carboxylic acids is 1. The fourth-order valence-electron chi connectivity index (χ4n) is 1.36. The molecular weight excluding hydrogens is 240 g/mol. The summed E-state index contributed by atoms with van der Waals surface area (Å²) in [5, 5.41) is 6.33. The van der Waals surface area contributed by atoms with Crippen molar-refractivity contribution in [2.45, 2.75) is 19.4 Å². The van der Waals surface area contributed by atoms with Crippen LogP contribution >= 0.6 is 11.3 Å². The molecule has 1 heterocycles. The first kappa shape index (κ1) is 13.7. The fourth-order valence-corrected chi connectivity index (χ4v) is 2.10. The zero-order valence-electron chi connectivity index (χ0n) is 10.5. The first-order valence-electron chi connectivity index (χ1n) is 5.15. The number of nitrogens with one attached hydrogen (secondary N) is 2. The van der Waals surface area contributed by atoms with Gasteiger partial charge in [0.1, 0.15) is 10.7 Å². The molecule has 0 bridgehead atoms. The van der Waals surface area contributed by atoms with Gasteiger partial charge in [-0.3, -0.25) is 4.79 Å². The molecule has 1 aromatic rings. The minimum atomic E-state index is -0.442. The van der Waals surface area contributed by atoms with Crippen LogP contribution in [0.3, 0.4) is 0 Å². The summed E-state index contributed by atoms with van der Waals surface area (Å²) in [7, 11) is 3.32. The molecule has 0 radical (unpaired) electrons. The Kier molecular flexibility index (Phi) is 4.30. The minimum absolute atomic E-state index is 0.233. The molecule has 0 aromatic carbocycles. The number of thiazole rings is 1. The zero-order valence-corrected chi connectivity index (χ0v) is 11.3. The van der Waals surface area contributed by atoms with E-state index in [0.29, 0.717) is 16.6 Å². The van der Waals surface area contributed by atoms with Crippen molar-refractivity contribution in [3.8, 4) is 0 Å². The highest BCUT2D eigenvalue weighted by atomic mass is 32.1. The lowest BCUT2D eigenvalue weighted by Gasteiger charge is -2.24. The molecule has 96 valence electrons. The van der Waals surface area contributed by atoms with Gasteiger partial charge < -0.3 is 21.1 Å². The number of hydrogen-bond donors (Lipinski definition) is 3. The summed E-state index contributed by atoms with van der Waals surface area (Å²) in [6, 6.07) is 0. The molecule has 1 rings (SSSR count). The SMILES string of the molecule is CNc1nc(N)c(C(=O)NC(C)(C)COC)s1. The van der Waals surface area contributed by atoms with Crippen LogP contribution in [-0.4, -0.2) is 37.2 Å². The van der Waals surface area contributed by atoms with Gasteiger partial charge in [-0.2, -0.15) is 0 Å². The summed E-state index contributed by atoms with van der Waals surface area (Å²) in [5.41, 5.74) is 5.24. The number of rotatable bonds is 5. The Balaban J connectivity index is 2.79. The summed E-state index contributed by atoms with van der Waals surface area (Å²) in [6.45, 7) is 4.19. The van der Waals surface area contributed by atoms with Crippen molar-refractivity contribution in [1.29, 1.82) is 0 Å². The first-order chi connectivity index (χ1) is 7.89. The quantitative estimate of drug-likeness (QED) is 0.731. The van der Waals surface area contributed by atoms with Crippen molar-refractivity contribution in [2.24, 2.45) is 0 Å². The number of nitrogen functional groups attached to an aromatic ring is 1. The number of ether oxygens (including phenoxy) is 1. The fraction of sp³-hybridized carbons (Fsp3) is 0.600. The normalized spacial score (nSPS) is 11.3. The van der Waals surface area contributed by atoms with Crippen LogP contribution in [0.1, 0.15) is 23.5 Å². The number of aromatic nitrogens is 1. The Morgan fingerprint density at radius 3 is 2.71 bits per heavy atom. The van der Waals surface area contributed by atoms with Crippen LogP contribution in [0.2, 0.25) is 0 Å². The predicted molar refractivity (Wildman–Crippen MR) is 69.5 cm³/mol. The monoisotopic (exact) mass is 258 g/mol. The number of carbonyl (C=O) groups is 1. The van der Waals surface area contributed by atoms with Gasteiger partial charge in [-0.25, -0.2) is 4.98 Å². The van der Waals surface area contributed by atoms with Crippen LogP contribution in [0.5, 0.6) is 0 Å². The number of nitrogens with zero attached hydrogens (tertiary/aromatic N) is 1. The molecule has 1 aromatic heterocycles. The molecular formula is C10H18N4O2S. The average Bonchev–Trinajstić information content (AvgIpc) is 2.58. The molecule has 0 saturated heterocycles. The molecule has 0 saturated carbocycles. The summed E-state index contributed by atoms with van der Waals surface area (Å²) in [4.78, 5) is 16.4. The van der Waals surface area contributed by atoms with Crippen molar-refractivity contribution in [2.75, 3.05) is 31.8 Å². The molecule has 0 fully saturated rings. The molecule has 0 aliphatic rings. The van der Waals surface area contributed by atoms with Crippen LogP contribution in [0.25, 0.3) is 0 Å². The van der Waals surface area contributed by atoms with E-state index >= 15 is 0 Å². The van der Waals surface area contributed by atoms with E-state index in [1.54, 1.807) is 14.2 Å². The summed E-state index contributed by atoms with van der Waals surface area (Å²) in [6.07, 6.45) is 0. The topological polar surface area (TPSA) is 89.3 Å². The molecule has 4 N–H and O–H groups in total. The lowest BCUT2D eigenvalue weighted by molar-refractivity contribution is 0.0824. The number of nitrogens with two attached hydrogens (primary N) is 1. The van der Waals surface area contributed by atoms with E-state index in [4.69, 9.17) is 10.5 Å². The van der Waals surface area contributed by atoms with Crippen LogP contribution in [0.15, 0.2) is 0 Å². The molecule has 0 atom stereocenters. The van der Waals surface area contributed by atoms with Crippen LogP contribution in [0, 0.1) is 0 Å². The summed E-state index contributed by atoms with van der Waals surface area (Å²) in [5.74, 6) is 0.00798. The highest BCUT2D eigenvalue weighted by Crippen LogP contribution is 2.24. The number of methoxy groups -OCH3 is 1. The lowest BCUT2D eigenvalue weighted by Crippen LogP contribution is -2.46. The maximum atomic E-state index is 12.0. The third-order valence-corrected chi connectivity index (χ3v) is 3.12. The molecule has 0 unspecified atom stereocenters. The van der Waals surface area contributed by atoms with Gasteiger partial charge in [-0.1, -0.05) is 11.3 Å². The average molecular weight is 258 g/mol. The summed E-state index contributed by atoms with van der Waals surface area (Å²) < 4.78 is 5.03. The third kappa shape index (κ3) is 3.57. The minimum Gasteiger partial charge on any atom is -0.382 e. The van der Waals surface area contributed by atoms with Crippen molar-refractivity contribution in [3.63, 3.8) is 0 Å². The van der Waals surface area contributed by atoms with Gasteiger partial charge >= 0.3 is 0 Å². The predicted octanol–water partition coefficient (Wildman–Crippen LogP) is 0.922. The Morgan fingerprint density at radius 1 is 1.59 bits per heavy atom. The molecule has 0 aliphatic heterocycles. The Bertz CT molecular complexity index is 403. The van der Waals surface area contributed by atoms with Gasteiger partial charge in [0.05, 0.1) is 12.1 Å². The van der Waals surface area contributed by atoms with Gasteiger partial charge in [0.2, 0.25) is 0 Å². The van der Waals surface area contributed by atoms with E-state index in [-0.39, 0.29) is 11.7 Å². The molecule has 0 spiro atoms. The summed E-state index contributed by atoms with van der Waals surface area (Å²) >= 11 is 1.23. The maximum absolute atomic E-state index is 12.0. The zero-order chi connectivity index (χ0) is 13.1. The molecule has 0 aliphatic carbocycles. The van der Waals surface area contributed by atoms with Crippen molar-refractivity contribution >= 4 is 28.2 Å². The second-order valence-electron chi connectivity index (χ2n) is 4.25. The lowest BCUT2D eigenvalue weighted by atomic mass is 10.1. The molecule has 6 nitrogen and oxygen atoms in total. The van der Waals surface area contributed by atoms with Crippen LogP contribution in [0.4, 0.5) is 10.9 Å². The van der Waals surface area contributed by atoms with Crippen molar-refractivity contribution < 1.29 is 9.53 Å². The first-order valence-corrected chi connectivity index (χ1v) is 5.97. The van der Waals surface area contributed by atoms with Gasteiger partial charge in [-0.05, 0) is 13.8 Å². The highest BCUT2D eigenvalue weighted by molar-refractivity contribution is 7.18. The van der Waals surface area contributed by atoms with Crippen LogP contribution < -0.4 is 16.4 Å². The second kappa shape index (κ2) is 5.33. The van der Waals surface area contributed by atoms with Gasteiger partial charge in [-0.15, -0.1) is 0 Å². The smallest absolute Gasteiger partial charge is 0.265 e. The van der Waals surface area contributed by atoms with Gasteiger partial charge in [0.25, 0.3) is 5.91 Å². The van der Waals surface area contributed by atoms with E-state index in [9.17, 15) is 4.79 Å². The third-order valence-electron chi connectivity index (χ3n) is 2.03. The van der Waals surface area contributed by atoms with E-state index in [0.717, 1.165) is 0 Å². The van der Waals surface area contributed by atoms with Crippen molar-refractivity contribution in [1.82, 2.24) is 10.3 Å². The molecule has 7 heteroatoms. The largest absolute Gasteiger partial charge is 0.382 e. The van der Waals surface area contributed by atoms with Gasteiger partial charge in [0, 0.05) is 14.2 Å². The highest BCUT2D eigenvalue weighted by Gasteiger charge is 2.24.